The van der Waals surface area contributed by atoms with Gasteiger partial charge in [-0.15, -0.1) is 0 Å². The zero-order chi connectivity index (χ0) is 19.3. The normalized spacial score (nSPS) is 20.9. The molecule has 3 amide bonds. The maximum absolute atomic E-state index is 12.5. The van der Waals surface area contributed by atoms with Crippen molar-refractivity contribution < 1.29 is 23.8 Å². The highest BCUT2D eigenvalue weighted by molar-refractivity contribution is 5.81. The number of ether oxygens (including phenoxy) is 3. The number of rotatable bonds is 5. The van der Waals surface area contributed by atoms with Crippen LogP contribution in [0.2, 0.25) is 0 Å². The summed E-state index contributed by atoms with van der Waals surface area (Å²) < 4.78 is 16.3. The lowest BCUT2D eigenvalue weighted by Crippen LogP contribution is -2.49. The first-order chi connectivity index (χ1) is 13.7. The highest BCUT2D eigenvalue weighted by Gasteiger charge is 2.31. The summed E-state index contributed by atoms with van der Waals surface area (Å²) in [5.41, 5.74) is 0. The number of nitrogens with zero attached hydrogens (tertiary/aromatic N) is 2. The van der Waals surface area contributed by atoms with Gasteiger partial charge in [-0.2, -0.15) is 0 Å². The van der Waals surface area contributed by atoms with Gasteiger partial charge in [0.2, 0.25) is 12.7 Å². The third-order valence-corrected chi connectivity index (χ3v) is 5.45. The number of hydrogen-bond acceptors (Lipinski definition) is 5. The number of carbonyl (C=O) groups is 2. The van der Waals surface area contributed by atoms with E-state index in [1.165, 1.54) is 0 Å². The van der Waals surface area contributed by atoms with Crippen molar-refractivity contribution >= 4 is 11.9 Å². The first-order valence-corrected chi connectivity index (χ1v) is 10.0. The lowest BCUT2D eigenvalue weighted by atomic mass is 9.97. The van der Waals surface area contributed by atoms with Crippen molar-refractivity contribution in [1.82, 2.24) is 15.1 Å². The molecule has 0 aliphatic carbocycles. The van der Waals surface area contributed by atoms with E-state index in [9.17, 15) is 9.59 Å². The molecule has 3 heterocycles. The molecule has 0 spiro atoms. The topological polar surface area (TPSA) is 80.3 Å². The van der Waals surface area contributed by atoms with Crippen molar-refractivity contribution in [2.45, 2.75) is 25.7 Å². The molecule has 0 bridgehead atoms. The maximum Gasteiger partial charge on any atom is 0.320 e. The number of likely N-dealkylation sites (tertiary alicyclic amines) is 2. The molecular formula is C20H27N3O5. The molecule has 152 valence electrons. The fourth-order valence-corrected chi connectivity index (χ4v) is 3.93. The second kappa shape index (κ2) is 8.58. The standard InChI is InChI=1S/C20H27N3O5/c24-19(15-4-3-10-23(13-15)20(25)22-8-1-2-9-22)21-7-11-26-16-5-6-17-18(12-16)28-14-27-17/h5-6,12,15H,1-4,7-11,13-14H2,(H,21,24)/t15-/m1/s1. The van der Waals surface area contributed by atoms with Crippen molar-refractivity contribution in [1.29, 1.82) is 0 Å². The largest absolute Gasteiger partial charge is 0.492 e. The Morgan fingerprint density at radius 1 is 1.07 bits per heavy atom. The van der Waals surface area contributed by atoms with E-state index >= 15 is 0 Å². The SMILES string of the molecule is O=C(NCCOc1ccc2c(c1)OCO2)[C@@H]1CCCN(C(=O)N2CCCC2)C1. The summed E-state index contributed by atoms with van der Waals surface area (Å²) in [6.45, 7) is 3.94. The molecule has 28 heavy (non-hydrogen) atoms. The Morgan fingerprint density at radius 2 is 1.86 bits per heavy atom. The van der Waals surface area contributed by atoms with Crippen LogP contribution in [-0.4, -0.2) is 67.9 Å². The molecule has 4 rings (SSSR count). The van der Waals surface area contributed by atoms with Gasteiger partial charge in [-0.05, 0) is 37.8 Å². The van der Waals surface area contributed by atoms with Crippen molar-refractivity contribution in [3.05, 3.63) is 18.2 Å². The monoisotopic (exact) mass is 389 g/mol. The third kappa shape index (κ3) is 4.26. The molecule has 1 aromatic carbocycles. The summed E-state index contributed by atoms with van der Waals surface area (Å²) in [4.78, 5) is 28.8. The smallest absolute Gasteiger partial charge is 0.320 e. The van der Waals surface area contributed by atoms with Crippen LogP contribution in [-0.2, 0) is 4.79 Å². The quantitative estimate of drug-likeness (QED) is 0.778. The molecule has 1 N–H and O–H groups in total. The summed E-state index contributed by atoms with van der Waals surface area (Å²) in [6, 6.07) is 5.50. The van der Waals surface area contributed by atoms with Gasteiger partial charge in [0.15, 0.2) is 11.5 Å². The minimum absolute atomic E-state index is 0.00629. The third-order valence-electron chi connectivity index (χ3n) is 5.45. The summed E-state index contributed by atoms with van der Waals surface area (Å²) in [7, 11) is 0. The summed E-state index contributed by atoms with van der Waals surface area (Å²) >= 11 is 0. The van der Waals surface area contributed by atoms with E-state index in [2.05, 4.69) is 5.32 Å². The van der Waals surface area contributed by atoms with E-state index in [-0.39, 0.29) is 24.6 Å². The van der Waals surface area contributed by atoms with Crippen molar-refractivity contribution in [3.8, 4) is 17.2 Å². The van der Waals surface area contributed by atoms with E-state index in [1.54, 1.807) is 6.07 Å². The molecular weight excluding hydrogens is 362 g/mol. The molecule has 0 radical (unpaired) electrons. The first kappa shape index (κ1) is 18.7. The molecule has 0 aromatic heterocycles. The molecule has 0 unspecified atom stereocenters. The number of fused-ring (bicyclic) bond motifs is 1. The number of amides is 3. The highest BCUT2D eigenvalue weighted by atomic mass is 16.7. The van der Waals surface area contributed by atoms with Gasteiger partial charge in [-0.3, -0.25) is 4.79 Å². The average Bonchev–Trinajstić information content (AvgIpc) is 3.42. The second-order valence-corrected chi connectivity index (χ2v) is 7.42. The van der Waals surface area contributed by atoms with Gasteiger partial charge < -0.3 is 29.3 Å². The van der Waals surface area contributed by atoms with Crippen LogP contribution in [0.25, 0.3) is 0 Å². The van der Waals surface area contributed by atoms with E-state index in [1.807, 2.05) is 21.9 Å². The number of nitrogens with one attached hydrogen (secondary N) is 1. The summed E-state index contributed by atoms with van der Waals surface area (Å²) in [5, 5.41) is 2.93. The Bertz CT molecular complexity index is 720. The zero-order valence-corrected chi connectivity index (χ0v) is 16.0. The fraction of sp³-hybridized carbons (Fsp3) is 0.600. The number of hydrogen-bond donors (Lipinski definition) is 1. The molecule has 1 aromatic rings. The van der Waals surface area contributed by atoms with Crippen LogP contribution in [0.5, 0.6) is 17.2 Å². The lowest BCUT2D eigenvalue weighted by molar-refractivity contribution is -0.126. The molecule has 3 aliphatic heterocycles. The zero-order valence-electron chi connectivity index (χ0n) is 16.0. The predicted octanol–water partition coefficient (Wildman–Crippen LogP) is 1.84. The van der Waals surface area contributed by atoms with Crippen molar-refractivity contribution in [2.75, 3.05) is 46.1 Å². The van der Waals surface area contributed by atoms with Crippen LogP contribution in [0.3, 0.4) is 0 Å². The van der Waals surface area contributed by atoms with Crippen LogP contribution in [0.4, 0.5) is 4.79 Å². The second-order valence-electron chi connectivity index (χ2n) is 7.42. The number of carbonyl (C=O) groups excluding carboxylic acids is 2. The van der Waals surface area contributed by atoms with Crippen LogP contribution >= 0.6 is 0 Å². The highest BCUT2D eigenvalue weighted by Crippen LogP contribution is 2.35. The molecule has 8 heteroatoms. The minimum Gasteiger partial charge on any atom is -0.492 e. The van der Waals surface area contributed by atoms with Gasteiger partial charge in [-0.1, -0.05) is 0 Å². The summed E-state index contributed by atoms with van der Waals surface area (Å²) in [6.07, 6.45) is 3.84. The van der Waals surface area contributed by atoms with Gasteiger partial charge in [0.25, 0.3) is 0 Å². The molecule has 2 saturated heterocycles. The molecule has 3 aliphatic rings. The van der Waals surface area contributed by atoms with Gasteiger partial charge in [0.1, 0.15) is 12.4 Å². The van der Waals surface area contributed by atoms with Crippen molar-refractivity contribution in [2.24, 2.45) is 5.92 Å². The van der Waals surface area contributed by atoms with E-state index in [0.717, 1.165) is 45.3 Å². The van der Waals surface area contributed by atoms with Crippen LogP contribution in [0.15, 0.2) is 18.2 Å². The Hall–Kier alpha value is -2.64. The molecule has 8 nitrogen and oxygen atoms in total. The Balaban J connectivity index is 1.19. The van der Waals surface area contributed by atoms with Gasteiger partial charge >= 0.3 is 6.03 Å². The Kier molecular flexibility index (Phi) is 5.73. The molecule has 2 fully saturated rings. The van der Waals surface area contributed by atoms with Crippen LogP contribution < -0.4 is 19.5 Å². The lowest BCUT2D eigenvalue weighted by Gasteiger charge is -2.34. The Morgan fingerprint density at radius 3 is 2.71 bits per heavy atom. The minimum atomic E-state index is -0.147. The maximum atomic E-state index is 12.5. The van der Waals surface area contributed by atoms with E-state index in [0.29, 0.717) is 36.9 Å². The number of urea groups is 1. The number of piperidine rings is 1. The first-order valence-electron chi connectivity index (χ1n) is 10.0. The van der Waals surface area contributed by atoms with Gasteiger partial charge in [0.05, 0.1) is 12.5 Å². The fourth-order valence-electron chi connectivity index (χ4n) is 3.93. The van der Waals surface area contributed by atoms with E-state index < -0.39 is 0 Å². The predicted molar refractivity (Wildman–Crippen MR) is 102 cm³/mol. The molecule has 1 atom stereocenters. The van der Waals surface area contributed by atoms with Crippen LogP contribution in [0, 0.1) is 5.92 Å². The van der Waals surface area contributed by atoms with Crippen molar-refractivity contribution in [3.63, 3.8) is 0 Å². The van der Waals surface area contributed by atoms with Gasteiger partial charge in [0, 0.05) is 32.2 Å². The average molecular weight is 389 g/mol. The molecule has 0 saturated carbocycles. The van der Waals surface area contributed by atoms with E-state index in [4.69, 9.17) is 14.2 Å². The number of benzene rings is 1. The van der Waals surface area contributed by atoms with Gasteiger partial charge in [-0.25, -0.2) is 4.79 Å². The Labute approximate surface area is 164 Å². The summed E-state index contributed by atoms with van der Waals surface area (Å²) in [5.74, 6) is 1.91. The van der Waals surface area contributed by atoms with Crippen LogP contribution in [0.1, 0.15) is 25.7 Å².